The lowest BCUT2D eigenvalue weighted by atomic mass is 9.78. The molecular weight excluding hydrogens is 392 g/mol. The number of piperazine rings is 1. The predicted octanol–water partition coefficient (Wildman–Crippen LogP) is 2.91. The highest BCUT2D eigenvalue weighted by atomic mass is 16.6. The van der Waals surface area contributed by atoms with Crippen molar-refractivity contribution in [1.82, 2.24) is 25.0 Å². The van der Waals surface area contributed by atoms with Crippen LogP contribution in [0, 0.1) is 12.3 Å². The van der Waals surface area contributed by atoms with Crippen LogP contribution in [0.2, 0.25) is 0 Å². The van der Waals surface area contributed by atoms with Crippen molar-refractivity contribution in [2.45, 2.75) is 39.2 Å². The maximum Gasteiger partial charge on any atom is 0.409 e. The number of aromatic amines is 1. The molecule has 2 aromatic rings. The van der Waals surface area contributed by atoms with E-state index in [1.807, 2.05) is 30.3 Å². The van der Waals surface area contributed by atoms with Gasteiger partial charge in [0.05, 0.1) is 18.5 Å². The molecule has 2 aliphatic heterocycles. The van der Waals surface area contributed by atoms with Gasteiger partial charge in [-0.2, -0.15) is 5.10 Å². The van der Waals surface area contributed by atoms with Crippen molar-refractivity contribution in [1.29, 1.82) is 0 Å². The Hall–Kier alpha value is -2.61. The molecule has 2 aromatic heterocycles. The highest BCUT2D eigenvalue weighted by Gasteiger charge is 2.51. The van der Waals surface area contributed by atoms with Crippen LogP contribution in [0.15, 0.2) is 24.5 Å². The first kappa shape index (κ1) is 20.3. The van der Waals surface area contributed by atoms with Crippen LogP contribution in [0.25, 0.3) is 11.3 Å². The molecule has 1 aliphatic carbocycles. The van der Waals surface area contributed by atoms with Crippen molar-refractivity contribution in [3.05, 3.63) is 30.1 Å². The molecule has 166 valence electrons. The van der Waals surface area contributed by atoms with E-state index in [2.05, 4.69) is 33.0 Å². The van der Waals surface area contributed by atoms with Gasteiger partial charge >= 0.3 is 6.09 Å². The summed E-state index contributed by atoms with van der Waals surface area (Å²) in [4.78, 5) is 23.6. The molecule has 4 heterocycles. The summed E-state index contributed by atoms with van der Waals surface area (Å²) >= 11 is 0. The van der Waals surface area contributed by atoms with Gasteiger partial charge in [-0.1, -0.05) is 0 Å². The number of H-pyrrole nitrogens is 1. The minimum absolute atomic E-state index is 0.149. The van der Waals surface area contributed by atoms with Gasteiger partial charge < -0.3 is 14.5 Å². The van der Waals surface area contributed by atoms with Crippen molar-refractivity contribution in [2.75, 3.05) is 50.8 Å². The first-order valence-electron chi connectivity index (χ1n) is 11.4. The summed E-state index contributed by atoms with van der Waals surface area (Å²) in [5.41, 5.74) is 3.64. The summed E-state index contributed by atoms with van der Waals surface area (Å²) in [5, 5.41) is 7.32. The quantitative estimate of drug-likeness (QED) is 0.813. The molecule has 3 fully saturated rings. The third-order valence-electron chi connectivity index (χ3n) is 7.27. The maximum atomic E-state index is 11.9. The SMILES string of the molecule is CCOC(=O)N1CC2(CC[C@@H](N3CCN(c4ncccc4-c4[nH]ncc4C)CC3)C2)C1. The lowest BCUT2D eigenvalue weighted by Crippen LogP contribution is -2.58. The molecular formula is C23H32N6O2. The van der Waals surface area contributed by atoms with Crippen molar-refractivity contribution in [2.24, 2.45) is 5.41 Å². The average molecular weight is 425 g/mol. The fourth-order valence-electron chi connectivity index (χ4n) is 5.64. The number of ether oxygens (including phenoxy) is 1. The van der Waals surface area contributed by atoms with E-state index in [1.54, 1.807) is 0 Å². The van der Waals surface area contributed by atoms with Gasteiger partial charge in [-0.3, -0.25) is 10.00 Å². The number of hydrogen-bond acceptors (Lipinski definition) is 6. The zero-order valence-electron chi connectivity index (χ0n) is 18.5. The van der Waals surface area contributed by atoms with Crippen molar-refractivity contribution in [3.63, 3.8) is 0 Å². The Morgan fingerprint density at radius 1 is 1.29 bits per heavy atom. The predicted molar refractivity (Wildman–Crippen MR) is 119 cm³/mol. The fraction of sp³-hybridized carbons (Fsp3) is 0.609. The summed E-state index contributed by atoms with van der Waals surface area (Å²) in [6, 6.07) is 4.75. The van der Waals surface area contributed by atoms with Gasteiger partial charge in [-0.15, -0.1) is 0 Å². The summed E-state index contributed by atoms with van der Waals surface area (Å²) in [6.45, 7) is 10.2. The van der Waals surface area contributed by atoms with Crippen molar-refractivity contribution < 1.29 is 9.53 Å². The van der Waals surface area contributed by atoms with E-state index < -0.39 is 0 Å². The number of aryl methyl sites for hydroxylation is 1. The van der Waals surface area contributed by atoms with Gasteiger partial charge in [-0.05, 0) is 50.8 Å². The number of pyridine rings is 1. The number of nitrogens with zero attached hydrogens (tertiary/aromatic N) is 5. The Kier molecular flexibility index (Phi) is 5.33. The van der Waals surface area contributed by atoms with E-state index in [-0.39, 0.29) is 6.09 Å². The Bertz CT molecular complexity index is 930. The second-order valence-corrected chi connectivity index (χ2v) is 9.28. The van der Waals surface area contributed by atoms with E-state index in [0.717, 1.165) is 61.9 Å². The molecule has 1 saturated carbocycles. The Labute approximate surface area is 183 Å². The topological polar surface area (TPSA) is 77.6 Å². The smallest absolute Gasteiger partial charge is 0.409 e. The molecule has 0 unspecified atom stereocenters. The van der Waals surface area contributed by atoms with E-state index in [0.29, 0.717) is 18.1 Å². The van der Waals surface area contributed by atoms with Crippen LogP contribution in [-0.2, 0) is 4.74 Å². The van der Waals surface area contributed by atoms with Crippen LogP contribution in [0.4, 0.5) is 10.6 Å². The molecule has 2 saturated heterocycles. The fourth-order valence-corrected chi connectivity index (χ4v) is 5.64. The molecule has 1 N–H and O–H groups in total. The number of carbonyl (C=O) groups excluding carboxylic acids is 1. The summed E-state index contributed by atoms with van der Waals surface area (Å²) in [7, 11) is 0. The molecule has 0 bridgehead atoms. The van der Waals surface area contributed by atoms with Gasteiger partial charge in [0.25, 0.3) is 0 Å². The molecule has 8 nitrogen and oxygen atoms in total. The average Bonchev–Trinajstić information content (AvgIpc) is 3.40. The zero-order valence-corrected chi connectivity index (χ0v) is 18.5. The number of rotatable bonds is 4. The normalized spacial score (nSPS) is 23.2. The molecule has 31 heavy (non-hydrogen) atoms. The number of amides is 1. The van der Waals surface area contributed by atoms with Gasteiger partial charge in [0.2, 0.25) is 0 Å². The number of nitrogens with one attached hydrogen (secondary N) is 1. The van der Waals surface area contributed by atoms with Crippen molar-refractivity contribution in [3.8, 4) is 11.3 Å². The van der Waals surface area contributed by atoms with Crippen LogP contribution in [-0.4, -0.2) is 83.0 Å². The second-order valence-electron chi connectivity index (χ2n) is 9.28. The molecule has 3 aliphatic rings. The minimum Gasteiger partial charge on any atom is -0.450 e. The first-order valence-corrected chi connectivity index (χ1v) is 11.4. The Balaban J connectivity index is 1.18. The van der Waals surface area contributed by atoms with Crippen LogP contribution in [0.1, 0.15) is 31.7 Å². The number of hydrogen-bond donors (Lipinski definition) is 1. The summed E-state index contributed by atoms with van der Waals surface area (Å²) in [5.74, 6) is 1.04. The third-order valence-corrected chi connectivity index (χ3v) is 7.27. The second kappa shape index (κ2) is 8.15. The van der Waals surface area contributed by atoms with Gasteiger partial charge in [0.1, 0.15) is 5.82 Å². The van der Waals surface area contributed by atoms with Crippen LogP contribution >= 0.6 is 0 Å². The van der Waals surface area contributed by atoms with Gasteiger partial charge in [0, 0.05) is 62.5 Å². The molecule has 0 radical (unpaired) electrons. The van der Waals surface area contributed by atoms with Gasteiger partial charge in [0.15, 0.2) is 0 Å². The van der Waals surface area contributed by atoms with E-state index in [1.165, 1.54) is 19.3 Å². The summed E-state index contributed by atoms with van der Waals surface area (Å²) in [6.07, 6.45) is 7.25. The molecule has 0 aromatic carbocycles. The first-order chi connectivity index (χ1) is 15.1. The van der Waals surface area contributed by atoms with Gasteiger partial charge in [-0.25, -0.2) is 9.78 Å². The lowest BCUT2D eigenvalue weighted by Gasteiger charge is -2.48. The minimum atomic E-state index is -0.149. The molecule has 1 amide bonds. The highest BCUT2D eigenvalue weighted by Crippen LogP contribution is 2.47. The van der Waals surface area contributed by atoms with Crippen molar-refractivity contribution >= 4 is 11.9 Å². The molecule has 5 rings (SSSR count). The third kappa shape index (κ3) is 3.78. The zero-order chi connectivity index (χ0) is 21.4. The number of aromatic nitrogens is 3. The monoisotopic (exact) mass is 424 g/mol. The van der Waals surface area contributed by atoms with E-state index in [9.17, 15) is 4.79 Å². The lowest BCUT2D eigenvalue weighted by molar-refractivity contribution is -0.00294. The number of anilines is 1. The maximum absolute atomic E-state index is 11.9. The molecule has 1 atom stereocenters. The standard InChI is InChI=1S/C23H32N6O2/c1-3-31-22(30)29-15-23(16-29)7-6-18(13-23)27-9-11-28(12-10-27)21-19(5-4-8-24-21)20-17(2)14-25-26-20/h4-5,8,14,18H,3,6-7,9-13,15-16H2,1-2H3,(H,25,26)/t18-/m1/s1. The van der Waals surface area contributed by atoms with E-state index >= 15 is 0 Å². The number of likely N-dealkylation sites (tertiary alicyclic amines) is 1. The molecule has 1 spiro atoms. The number of carbonyl (C=O) groups is 1. The van der Waals surface area contributed by atoms with Crippen LogP contribution in [0.5, 0.6) is 0 Å². The Morgan fingerprint density at radius 3 is 2.81 bits per heavy atom. The van der Waals surface area contributed by atoms with Crippen LogP contribution in [0.3, 0.4) is 0 Å². The highest BCUT2D eigenvalue weighted by molar-refractivity contribution is 5.75. The largest absolute Gasteiger partial charge is 0.450 e. The summed E-state index contributed by atoms with van der Waals surface area (Å²) < 4.78 is 5.15. The van der Waals surface area contributed by atoms with E-state index in [4.69, 9.17) is 9.72 Å². The molecule has 8 heteroatoms. The van der Waals surface area contributed by atoms with Crippen LogP contribution < -0.4 is 4.90 Å². The Morgan fingerprint density at radius 2 is 2.10 bits per heavy atom.